The third kappa shape index (κ3) is 4.15. The molecule has 1 amide bonds. The lowest BCUT2D eigenvalue weighted by atomic mass is 10.1. The number of carbonyl (C=O) groups excluding carboxylic acids is 1. The molecule has 7 nitrogen and oxygen atoms in total. The first-order valence-electron chi connectivity index (χ1n) is 7.39. The smallest absolute Gasteiger partial charge is 0.272 e. The Bertz CT molecular complexity index is 724. The van der Waals surface area contributed by atoms with Crippen LogP contribution in [0.4, 0.5) is 5.69 Å². The number of hydrogen-bond acceptors (Lipinski definition) is 4. The van der Waals surface area contributed by atoms with E-state index in [1.807, 2.05) is 24.6 Å². The summed E-state index contributed by atoms with van der Waals surface area (Å²) >= 11 is 0. The van der Waals surface area contributed by atoms with Crippen LogP contribution in [-0.4, -0.2) is 26.9 Å². The number of rotatable bonds is 6. The summed E-state index contributed by atoms with van der Waals surface area (Å²) in [5.41, 5.74) is 0.925. The summed E-state index contributed by atoms with van der Waals surface area (Å²) in [5.74, 6) is 0.956. The van der Waals surface area contributed by atoms with Crippen LogP contribution >= 0.6 is 0 Å². The van der Waals surface area contributed by atoms with E-state index in [-0.39, 0.29) is 17.5 Å². The Balaban J connectivity index is 1.93. The van der Waals surface area contributed by atoms with Gasteiger partial charge >= 0.3 is 0 Å². The Hall–Kier alpha value is -2.70. The standard InChI is InChI=1S/C16H20N4O3/c1-11(10-19-7-6-17-13(19)3)9-18-16(21)14-4-5-15(20(22)23)12(2)8-14/h4-8,11H,9-10H2,1-3H3,(H,18,21). The highest BCUT2D eigenvalue weighted by atomic mass is 16.6. The van der Waals surface area contributed by atoms with Crippen LogP contribution in [0.5, 0.6) is 0 Å². The maximum Gasteiger partial charge on any atom is 0.272 e. The number of nitrogens with one attached hydrogen (secondary N) is 1. The zero-order chi connectivity index (χ0) is 17.0. The van der Waals surface area contributed by atoms with Crippen LogP contribution in [0.1, 0.15) is 28.7 Å². The molecule has 122 valence electrons. The number of amides is 1. The van der Waals surface area contributed by atoms with Gasteiger partial charge in [0.15, 0.2) is 0 Å². The molecule has 2 rings (SSSR count). The second kappa shape index (κ2) is 7.04. The van der Waals surface area contributed by atoms with Crippen molar-refractivity contribution in [3.8, 4) is 0 Å². The highest BCUT2D eigenvalue weighted by Crippen LogP contribution is 2.18. The number of aryl methyl sites for hydroxylation is 2. The lowest BCUT2D eigenvalue weighted by molar-refractivity contribution is -0.385. The van der Waals surface area contributed by atoms with E-state index in [1.165, 1.54) is 18.2 Å². The molecule has 0 spiro atoms. The van der Waals surface area contributed by atoms with Gasteiger partial charge in [0.25, 0.3) is 11.6 Å². The average Bonchev–Trinajstić information content (AvgIpc) is 2.89. The number of nitro benzene ring substituents is 1. The van der Waals surface area contributed by atoms with Crippen molar-refractivity contribution in [2.75, 3.05) is 6.54 Å². The lowest BCUT2D eigenvalue weighted by Crippen LogP contribution is -2.30. The van der Waals surface area contributed by atoms with Gasteiger partial charge in [0.2, 0.25) is 0 Å². The summed E-state index contributed by atoms with van der Waals surface area (Å²) in [6.07, 6.45) is 3.66. The molecule has 1 heterocycles. The first-order chi connectivity index (χ1) is 10.9. The molecule has 1 unspecified atom stereocenters. The van der Waals surface area contributed by atoms with Gasteiger partial charge in [0.1, 0.15) is 5.82 Å². The third-order valence-corrected chi connectivity index (χ3v) is 3.70. The molecule has 0 bridgehead atoms. The molecule has 1 aromatic heterocycles. The molecular weight excluding hydrogens is 296 g/mol. The molecule has 1 aromatic carbocycles. The highest BCUT2D eigenvalue weighted by Gasteiger charge is 2.14. The fraction of sp³-hybridized carbons (Fsp3) is 0.375. The molecular formula is C16H20N4O3. The number of aromatic nitrogens is 2. The Morgan fingerprint density at radius 2 is 2.17 bits per heavy atom. The largest absolute Gasteiger partial charge is 0.352 e. The molecule has 0 saturated heterocycles. The predicted molar refractivity (Wildman–Crippen MR) is 86.3 cm³/mol. The zero-order valence-electron chi connectivity index (χ0n) is 13.4. The highest BCUT2D eigenvalue weighted by molar-refractivity contribution is 5.94. The minimum absolute atomic E-state index is 0.0190. The van der Waals surface area contributed by atoms with Gasteiger partial charge in [0.05, 0.1) is 4.92 Å². The molecule has 1 atom stereocenters. The van der Waals surface area contributed by atoms with E-state index in [0.29, 0.717) is 17.7 Å². The summed E-state index contributed by atoms with van der Waals surface area (Å²) in [4.78, 5) is 26.7. The van der Waals surface area contributed by atoms with Crippen LogP contribution in [0.25, 0.3) is 0 Å². The van der Waals surface area contributed by atoms with E-state index < -0.39 is 4.92 Å². The van der Waals surface area contributed by atoms with Crippen molar-refractivity contribution >= 4 is 11.6 Å². The molecule has 1 N–H and O–H groups in total. The number of nitro groups is 1. The van der Waals surface area contributed by atoms with Crippen molar-refractivity contribution in [1.29, 1.82) is 0 Å². The maximum atomic E-state index is 12.2. The van der Waals surface area contributed by atoms with Gasteiger partial charge in [-0.3, -0.25) is 14.9 Å². The van der Waals surface area contributed by atoms with Crippen molar-refractivity contribution in [1.82, 2.24) is 14.9 Å². The normalized spacial score (nSPS) is 12.0. The van der Waals surface area contributed by atoms with E-state index in [1.54, 1.807) is 13.1 Å². The van der Waals surface area contributed by atoms with Crippen molar-refractivity contribution in [3.05, 3.63) is 57.7 Å². The molecule has 23 heavy (non-hydrogen) atoms. The summed E-state index contributed by atoms with van der Waals surface area (Å²) in [6.45, 7) is 6.89. The van der Waals surface area contributed by atoms with Gasteiger partial charge in [-0.25, -0.2) is 4.98 Å². The van der Waals surface area contributed by atoms with Crippen LogP contribution in [0, 0.1) is 29.9 Å². The monoisotopic (exact) mass is 316 g/mol. The Labute approximate surface area is 134 Å². The summed E-state index contributed by atoms with van der Waals surface area (Å²) in [5, 5.41) is 13.7. The first kappa shape index (κ1) is 16.7. The van der Waals surface area contributed by atoms with Crippen LogP contribution in [0.15, 0.2) is 30.6 Å². The van der Waals surface area contributed by atoms with E-state index in [4.69, 9.17) is 0 Å². The quantitative estimate of drug-likeness (QED) is 0.655. The van der Waals surface area contributed by atoms with Gasteiger partial charge < -0.3 is 9.88 Å². The number of carbonyl (C=O) groups is 1. The Morgan fingerprint density at radius 1 is 1.43 bits per heavy atom. The fourth-order valence-electron chi connectivity index (χ4n) is 2.37. The minimum atomic E-state index is -0.452. The molecule has 0 saturated carbocycles. The van der Waals surface area contributed by atoms with E-state index in [9.17, 15) is 14.9 Å². The van der Waals surface area contributed by atoms with Gasteiger partial charge in [-0.2, -0.15) is 0 Å². The molecule has 2 aromatic rings. The molecule has 0 aliphatic rings. The zero-order valence-corrected chi connectivity index (χ0v) is 13.4. The first-order valence-corrected chi connectivity index (χ1v) is 7.39. The average molecular weight is 316 g/mol. The van der Waals surface area contributed by atoms with Crippen molar-refractivity contribution in [3.63, 3.8) is 0 Å². The van der Waals surface area contributed by atoms with Gasteiger partial charge in [0, 0.05) is 42.7 Å². The number of nitrogens with zero attached hydrogens (tertiary/aromatic N) is 3. The number of hydrogen-bond donors (Lipinski definition) is 1. The van der Waals surface area contributed by atoms with Gasteiger partial charge in [-0.1, -0.05) is 6.92 Å². The van der Waals surface area contributed by atoms with E-state index in [0.717, 1.165) is 12.4 Å². The van der Waals surface area contributed by atoms with E-state index >= 15 is 0 Å². The number of imidazole rings is 1. The molecule has 0 radical (unpaired) electrons. The van der Waals surface area contributed by atoms with Crippen LogP contribution in [-0.2, 0) is 6.54 Å². The SMILES string of the molecule is Cc1cc(C(=O)NCC(C)Cn2ccnc2C)ccc1[N+](=O)[O-]. The lowest BCUT2D eigenvalue weighted by Gasteiger charge is -2.14. The topological polar surface area (TPSA) is 90.1 Å². The van der Waals surface area contributed by atoms with Gasteiger partial charge in [-0.05, 0) is 31.9 Å². The maximum absolute atomic E-state index is 12.2. The van der Waals surface area contributed by atoms with Crippen molar-refractivity contribution in [2.45, 2.75) is 27.3 Å². The van der Waals surface area contributed by atoms with Crippen molar-refractivity contribution in [2.24, 2.45) is 5.92 Å². The number of benzene rings is 1. The third-order valence-electron chi connectivity index (χ3n) is 3.70. The fourth-order valence-corrected chi connectivity index (χ4v) is 2.37. The predicted octanol–water partition coefficient (Wildman–Crippen LogP) is 2.47. The Morgan fingerprint density at radius 3 is 2.74 bits per heavy atom. The summed E-state index contributed by atoms with van der Waals surface area (Å²) in [7, 11) is 0. The van der Waals surface area contributed by atoms with Gasteiger partial charge in [-0.15, -0.1) is 0 Å². The molecule has 0 aliphatic carbocycles. The second-order valence-electron chi connectivity index (χ2n) is 5.70. The molecule has 0 fully saturated rings. The summed E-state index contributed by atoms with van der Waals surface area (Å²) < 4.78 is 2.03. The molecule has 7 heteroatoms. The van der Waals surface area contributed by atoms with Crippen molar-refractivity contribution < 1.29 is 9.72 Å². The Kier molecular flexibility index (Phi) is 5.10. The van der Waals surface area contributed by atoms with Crippen LogP contribution in [0.2, 0.25) is 0 Å². The van der Waals surface area contributed by atoms with Crippen LogP contribution < -0.4 is 5.32 Å². The summed E-state index contributed by atoms with van der Waals surface area (Å²) in [6, 6.07) is 4.38. The van der Waals surface area contributed by atoms with E-state index in [2.05, 4.69) is 10.3 Å². The second-order valence-corrected chi connectivity index (χ2v) is 5.70. The van der Waals surface area contributed by atoms with Crippen LogP contribution in [0.3, 0.4) is 0 Å². The molecule has 0 aliphatic heterocycles. The minimum Gasteiger partial charge on any atom is -0.352 e.